The number of aryl methyl sites for hydroxylation is 1. The van der Waals surface area contributed by atoms with E-state index in [0.29, 0.717) is 6.26 Å². The number of benzene rings is 1. The standard InChI is InChI=1S/C14H14O3/c1-9-2-4-10(5-3-9)11-6-13(16)12(8-15)14(17)7-11/h2-8,11,15-17H,1H3. The van der Waals surface area contributed by atoms with Crippen molar-refractivity contribution >= 4 is 0 Å². The minimum absolute atomic E-state index is 0.0494. The van der Waals surface area contributed by atoms with Crippen LogP contribution in [0, 0.1) is 6.92 Å². The summed E-state index contributed by atoms with van der Waals surface area (Å²) in [6.07, 6.45) is 3.88. The molecule has 1 aromatic rings. The highest BCUT2D eigenvalue weighted by Gasteiger charge is 2.19. The summed E-state index contributed by atoms with van der Waals surface area (Å²) in [5, 5.41) is 28.2. The van der Waals surface area contributed by atoms with E-state index >= 15 is 0 Å². The monoisotopic (exact) mass is 230 g/mol. The first kappa shape index (κ1) is 11.3. The highest BCUT2D eigenvalue weighted by Crippen LogP contribution is 2.30. The fourth-order valence-corrected chi connectivity index (χ4v) is 1.81. The third-order valence-corrected chi connectivity index (χ3v) is 2.82. The molecule has 0 unspecified atom stereocenters. The third kappa shape index (κ3) is 2.18. The van der Waals surface area contributed by atoms with Crippen LogP contribution < -0.4 is 0 Å². The quantitative estimate of drug-likeness (QED) is 0.648. The molecule has 88 valence electrons. The van der Waals surface area contributed by atoms with Gasteiger partial charge in [-0.15, -0.1) is 0 Å². The van der Waals surface area contributed by atoms with Crippen molar-refractivity contribution in [2.24, 2.45) is 0 Å². The lowest BCUT2D eigenvalue weighted by Crippen LogP contribution is -2.05. The largest absolute Gasteiger partial charge is 0.515 e. The van der Waals surface area contributed by atoms with Gasteiger partial charge in [-0.3, -0.25) is 0 Å². The first-order valence-corrected chi connectivity index (χ1v) is 5.35. The average Bonchev–Trinajstić information content (AvgIpc) is 2.29. The first-order valence-electron chi connectivity index (χ1n) is 5.35. The summed E-state index contributed by atoms with van der Waals surface area (Å²) in [5.41, 5.74) is 2.18. The molecule has 0 spiro atoms. The zero-order chi connectivity index (χ0) is 12.4. The van der Waals surface area contributed by atoms with E-state index < -0.39 is 0 Å². The van der Waals surface area contributed by atoms with Crippen LogP contribution in [0.25, 0.3) is 0 Å². The van der Waals surface area contributed by atoms with Crippen molar-refractivity contribution in [3.05, 3.63) is 70.9 Å². The molecule has 0 bridgehead atoms. The topological polar surface area (TPSA) is 60.7 Å². The molecule has 2 rings (SSSR count). The molecule has 0 heterocycles. The molecule has 0 aliphatic heterocycles. The molecular weight excluding hydrogens is 216 g/mol. The van der Waals surface area contributed by atoms with Gasteiger partial charge in [0.2, 0.25) is 0 Å². The molecule has 1 aliphatic rings. The lowest BCUT2D eigenvalue weighted by molar-refractivity contribution is 0.361. The predicted molar refractivity (Wildman–Crippen MR) is 66.1 cm³/mol. The lowest BCUT2D eigenvalue weighted by Gasteiger charge is -2.17. The van der Waals surface area contributed by atoms with Gasteiger partial charge in [-0.1, -0.05) is 29.8 Å². The second kappa shape index (κ2) is 4.37. The second-order valence-corrected chi connectivity index (χ2v) is 4.08. The summed E-state index contributed by atoms with van der Waals surface area (Å²) < 4.78 is 0. The van der Waals surface area contributed by atoms with E-state index in [2.05, 4.69) is 0 Å². The van der Waals surface area contributed by atoms with E-state index in [1.807, 2.05) is 31.2 Å². The maximum absolute atomic E-state index is 9.66. The normalized spacial score (nSPS) is 19.6. The molecule has 1 aromatic carbocycles. The molecule has 3 heteroatoms. The Morgan fingerprint density at radius 3 is 2.00 bits per heavy atom. The number of hydrogen-bond acceptors (Lipinski definition) is 3. The van der Waals surface area contributed by atoms with Crippen LogP contribution in [0.15, 0.2) is 59.8 Å². The van der Waals surface area contributed by atoms with Gasteiger partial charge in [0.25, 0.3) is 0 Å². The molecule has 3 nitrogen and oxygen atoms in total. The maximum atomic E-state index is 9.66. The van der Waals surface area contributed by atoms with Gasteiger partial charge in [-0.25, -0.2) is 0 Å². The van der Waals surface area contributed by atoms with Gasteiger partial charge >= 0.3 is 0 Å². The Kier molecular flexibility index (Phi) is 2.91. The van der Waals surface area contributed by atoms with Crippen molar-refractivity contribution in [1.82, 2.24) is 0 Å². The summed E-state index contributed by atoms with van der Waals surface area (Å²) in [4.78, 5) is 0. The molecule has 3 N–H and O–H groups in total. The Labute approximate surface area is 99.7 Å². The molecule has 17 heavy (non-hydrogen) atoms. The third-order valence-electron chi connectivity index (χ3n) is 2.82. The van der Waals surface area contributed by atoms with Crippen LogP contribution in [-0.2, 0) is 0 Å². The van der Waals surface area contributed by atoms with Gasteiger partial charge in [0, 0.05) is 5.92 Å². The molecular formula is C14H14O3. The fourth-order valence-electron chi connectivity index (χ4n) is 1.81. The number of aliphatic hydroxyl groups is 3. The molecule has 0 saturated heterocycles. The van der Waals surface area contributed by atoms with Crippen molar-refractivity contribution in [3.8, 4) is 0 Å². The molecule has 0 amide bonds. The highest BCUT2D eigenvalue weighted by molar-refractivity contribution is 5.47. The molecule has 0 aromatic heterocycles. The summed E-state index contributed by atoms with van der Waals surface area (Å²) in [6, 6.07) is 7.84. The minimum Gasteiger partial charge on any atom is -0.515 e. The molecule has 1 aliphatic carbocycles. The number of hydrogen-bond donors (Lipinski definition) is 3. The summed E-state index contributed by atoms with van der Waals surface area (Å²) in [5.74, 6) is -0.407. The van der Waals surface area contributed by atoms with E-state index in [4.69, 9.17) is 5.11 Å². The number of rotatable bonds is 1. The SMILES string of the molecule is Cc1ccc(C2C=C(O)C(=CO)C(O)=C2)cc1. The van der Waals surface area contributed by atoms with Crippen molar-refractivity contribution in [2.45, 2.75) is 12.8 Å². The van der Waals surface area contributed by atoms with Crippen LogP contribution in [-0.4, -0.2) is 15.3 Å². The first-order chi connectivity index (χ1) is 8.11. The van der Waals surface area contributed by atoms with Gasteiger partial charge < -0.3 is 15.3 Å². The van der Waals surface area contributed by atoms with E-state index in [0.717, 1.165) is 11.1 Å². The van der Waals surface area contributed by atoms with Crippen LogP contribution in [0.2, 0.25) is 0 Å². The van der Waals surface area contributed by atoms with Gasteiger partial charge in [0.05, 0.1) is 11.8 Å². The van der Waals surface area contributed by atoms with E-state index in [1.165, 1.54) is 0 Å². The minimum atomic E-state index is -0.181. The van der Waals surface area contributed by atoms with Crippen LogP contribution in [0.3, 0.4) is 0 Å². The Balaban J connectivity index is 2.37. The Hall–Kier alpha value is -2.16. The van der Waals surface area contributed by atoms with Gasteiger partial charge in [-0.2, -0.15) is 0 Å². The average molecular weight is 230 g/mol. The maximum Gasteiger partial charge on any atom is 0.126 e. The molecule has 0 radical (unpaired) electrons. The van der Waals surface area contributed by atoms with Crippen LogP contribution >= 0.6 is 0 Å². The zero-order valence-corrected chi connectivity index (χ0v) is 9.46. The fraction of sp³-hybridized carbons (Fsp3) is 0.143. The Bertz CT molecular complexity index is 485. The van der Waals surface area contributed by atoms with Crippen LogP contribution in [0.5, 0.6) is 0 Å². The Morgan fingerprint density at radius 2 is 1.53 bits per heavy atom. The van der Waals surface area contributed by atoms with Gasteiger partial charge in [-0.05, 0) is 24.6 Å². The van der Waals surface area contributed by atoms with Crippen molar-refractivity contribution in [1.29, 1.82) is 0 Å². The molecule has 0 fully saturated rings. The summed E-state index contributed by atoms with van der Waals surface area (Å²) in [7, 11) is 0. The van der Waals surface area contributed by atoms with E-state index in [-0.39, 0.29) is 23.0 Å². The van der Waals surface area contributed by atoms with Gasteiger partial charge in [0.1, 0.15) is 11.5 Å². The predicted octanol–water partition coefficient (Wildman–Crippen LogP) is 3.42. The Morgan fingerprint density at radius 1 is 1.00 bits per heavy atom. The van der Waals surface area contributed by atoms with Crippen molar-refractivity contribution < 1.29 is 15.3 Å². The summed E-state index contributed by atoms with van der Waals surface area (Å²) >= 11 is 0. The highest BCUT2D eigenvalue weighted by atomic mass is 16.3. The van der Waals surface area contributed by atoms with Crippen LogP contribution in [0.4, 0.5) is 0 Å². The van der Waals surface area contributed by atoms with Crippen LogP contribution in [0.1, 0.15) is 17.0 Å². The molecule has 0 saturated carbocycles. The lowest BCUT2D eigenvalue weighted by atomic mass is 9.91. The van der Waals surface area contributed by atoms with E-state index in [9.17, 15) is 10.2 Å². The summed E-state index contributed by atoms with van der Waals surface area (Å²) in [6.45, 7) is 2.00. The zero-order valence-electron chi connectivity index (χ0n) is 9.46. The van der Waals surface area contributed by atoms with Crippen molar-refractivity contribution in [3.63, 3.8) is 0 Å². The second-order valence-electron chi connectivity index (χ2n) is 4.08. The van der Waals surface area contributed by atoms with Crippen molar-refractivity contribution in [2.75, 3.05) is 0 Å². The molecule has 0 atom stereocenters. The van der Waals surface area contributed by atoms with Gasteiger partial charge in [0.15, 0.2) is 0 Å². The number of allylic oxidation sites excluding steroid dienone is 2. The number of aliphatic hydroxyl groups excluding tert-OH is 3. The smallest absolute Gasteiger partial charge is 0.126 e. The van der Waals surface area contributed by atoms with E-state index in [1.54, 1.807) is 12.2 Å².